The van der Waals surface area contributed by atoms with Crippen LogP contribution in [-0.4, -0.2) is 24.1 Å². The van der Waals surface area contributed by atoms with Gasteiger partial charge < -0.3 is 4.90 Å². The molecule has 13 heavy (non-hydrogen) atoms. The molecule has 0 aliphatic heterocycles. The smallest absolute Gasteiger partial charge is 0.0907 e. The van der Waals surface area contributed by atoms with E-state index < -0.39 is 0 Å². The molecule has 2 rings (SSSR count). The molecular weight excluding hydrogens is 162 g/mol. The molecule has 3 nitrogen and oxygen atoms in total. The zero-order valence-corrected chi connectivity index (χ0v) is 7.73. The summed E-state index contributed by atoms with van der Waals surface area (Å²) in [5.41, 5.74) is 2.95. The lowest BCUT2D eigenvalue weighted by molar-refractivity contribution is 1.12. The predicted molar refractivity (Wildman–Crippen MR) is 53.9 cm³/mol. The molecule has 0 saturated heterocycles. The van der Waals surface area contributed by atoms with Gasteiger partial charge in [-0.05, 0) is 18.2 Å². The SMILES string of the molecule is CN(C)c1cnc2cccnc2c1. The Kier molecular flexibility index (Phi) is 1.85. The van der Waals surface area contributed by atoms with Crippen LogP contribution in [0.4, 0.5) is 5.69 Å². The first-order valence-electron chi connectivity index (χ1n) is 4.15. The van der Waals surface area contributed by atoms with Gasteiger partial charge in [-0.1, -0.05) is 0 Å². The Morgan fingerprint density at radius 3 is 2.77 bits per heavy atom. The molecule has 66 valence electrons. The number of anilines is 1. The van der Waals surface area contributed by atoms with Crippen LogP contribution in [0, 0.1) is 0 Å². The van der Waals surface area contributed by atoms with Gasteiger partial charge in [0, 0.05) is 20.3 Å². The van der Waals surface area contributed by atoms with Gasteiger partial charge in [0.05, 0.1) is 22.9 Å². The van der Waals surface area contributed by atoms with Crippen molar-refractivity contribution in [2.24, 2.45) is 0 Å². The molecule has 0 aromatic carbocycles. The lowest BCUT2D eigenvalue weighted by Gasteiger charge is -2.11. The molecule has 0 bridgehead atoms. The lowest BCUT2D eigenvalue weighted by Crippen LogP contribution is -2.08. The molecule has 0 spiro atoms. The minimum atomic E-state index is 0.938. The van der Waals surface area contributed by atoms with Gasteiger partial charge in [0.2, 0.25) is 0 Å². The second kappa shape index (κ2) is 3.01. The summed E-state index contributed by atoms with van der Waals surface area (Å²) in [6.45, 7) is 0. The van der Waals surface area contributed by atoms with Crippen molar-refractivity contribution in [1.82, 2.24) is 9.97 Å². The van der Waals surface area contributed by atoms with Gasteiger partial charge in [-0.3, -0.25) is 9.97 Å². The number of aromatic nitrogens is 2. The second-order valence-corrected chi connectivity index (χ2v) is 3.13. The van der Waals surface area contributed by atoms with Crippen molar-refractivity contribution in [2.75, 3.05) is 19.0 Å². The molecule has 2 aromatic rings. The molecule has 2 heterocycles. The highest BCUT2D eigenvalue weighted by Gasteiger charge is 1.98. The maximum atomic E-state index is 4.30. The van der Waals surface area contributed by atoms with Crippen molar-refractivity contribution < 1.29 is 0 Å². The van der Waals surface area contributed by atoms with Crippen LogP contribution in [0.1, 0.15) is 0 Å². The van der Waals surface area contributed by atoms with Crippen LogP contribution >= 0.6 is 0 Å². The Morgan fingerprint density at radius 2 is 2.00 bits per heavy atom. The van der Waals surface area contributed by atoms with Gasteiger partial charge in [-0.25, -0.2) is 0 Å². The van der Waals surface area contributed by atoms with Crippen LogP contribution in [0.3, 0.4) is 0 Å². The highest BCUT2D eigenvalue weighted by Crippen LogP contribution is 2.15. The fourth-order valence-electron chi connectivity index (χ4n) is 1.19. The fraction of sp³-hybridized carbons (Fsp3) is 0.200. The topological polar surface area (TPSA) is 29.0 Å². The van der Waals surface area contributed by atoms with E-state index in [2.05, 4.69) is 9.97 Å². The molecule has 0 aliphatic carbocycles. The molecule has 0 atom stereocenters. The van der Waals surface area contributed by atoms with E-state index >= 15 is 0 Å². The molecule has 0 aliphatic rings. The third-order valence-corrected chi connectivity index (χ3v) is 1.95. The number of hydrogen-bond acceptors (Lipinski definition) is 3. The Bertz CT molecular complexity index is 423. The van der Waals surface area contributed by atoms with Gasteiger partial charge in [0.15, 0.2) is 0 Å². The summed E-state index contributed by atoms with van der Waals surface area (Å²) in [4.78, 5) is 10.5. The summed E-state index contributed by atoms with van der Waals surface area (Å²) in [7, 11) is 3.98. The maximum absolute atomic E-state index is 4.30. The average Bonchev–Trinajstić information content (AvgIpc) is 2.17. The number of nitrogens with zero attached hydrogens (tertiary/aromatic N) is 3. The summed E-state index contributed by atoms with van der Waals surface area (Å²) >= 11 is 0. The van der Waals surface area contributed by atoms with Crippen LogP contribution in [-0.2, 0) is 0 Å². The van der Waals surface area contributed by atoms with Gasteiger partial charge in [0.1, 0.15) is 0 Å². The van der Waals surface area contributed by atoms with E-state index in [1.165, 1.54) is 0 Å². The number of fused-ring (bicyclic) bond motifs is 1. The van der Waals surface area contributed by atoms with E-state index in [0.717, 1.165) is 16.7 Å². The van der Waals surface area contributed by atoms with Crippen molar-refractivity contribution in [3.05, 3.63) is 30.6 Å². The number of rotatable bonds is 1. The van der Waals surface area contributed by atoms with E-state index in [-0.39, 0.29) is 0 Å². The molecule has 2 aromatic heterocycles. The first-order chi connectivity index (χ1) is 6.27. The Labute approximate surface area is 77.0 Å². The quantitative estimate of drug-likeness (QED) is 0.657. The lowest BCUT2D eigenvalue weighted by atomic mass is 10.3. The van der Waals surface area contributed by atoms with Crippen molar-refractivity contribution >= 4 is 16.7 Å². The highest BCUT2D eigenvalue weighted by atomic mass is 15.1. The van der Waals surface area contributed by atoms with Crippen LogP contribution in [0.5, 0.6) is 0 Å². The molecule has 0 unspecified atom stereocenters. The monoisotopic (exact) mass is 173 g/mol. The molecule has 0 N–H and O–H groups in total. The normalized spacial score (nSPS) is 10.3. The van der Waals surface area contributed by atoms with Gasteiger partial charge in [-0.2, -0.15) is 0 Å². The molecule has 0 saturated carbocycles. The van der Waals surface area contributed by atoms with Crippen molar-refractivity contribution in [3.63, 3.8) is 0 Å². The second-order valence-electron chi connectivity index (χ2n) is 3.13. The third-order valence-electron chi connectivity index (χ3n) is 1.95. The summed E-state index contributed by atoms with van der Waals surface area (Å²) in [6.07, 6.45) is 3.63. The third kappa shape index (κ3) is 1.45. The first-order valence-corrected chi connectivity index (χ1v) is 4.15. The van der Waals surface area contributed by atoms with Crippen LogP contribution in [0.25, 0.3) is 11.0 Å². The predicted octanol–water partition coefficient (Wildman–Crippen LogP) is 1.70. The molecule has 0 amide bonds. The van der Waals surface area contributed by atoms with E-state index in [1.54, 1.807) is 6.20 Å². The van der Waals surface area contributed by atoms with Gasteiger partial charge >= 0.3 is 0 Å². The largest absolute Gasteiger partial charge is 0.376 e. The van der Waals surface area contributed by atoms with E-state index in [1.807, 2.05) is 43.4 Å². The summed E-state index contributed by atoms with van der Waals surface area (Å²) < 4.78 is 0. The minimum absolute atomic E-state index is 0.938. The maximum Gasteiger partial charge on any atom is 0.0907 e. The Morgan fingerprint density at radius 1 is 1.15 bits per heavy atom. The van der Waals surface area contributed by atoms with Crippen LogP contribution in [0.15, 0.2) is 30.6 Å². The van der Waals surface area contributed by atoms with Gasteiger partial charge in [0.25, 0.3) is 0 Å². The zero-order chi connectivity index (χ0) is 9.26. The van der Waals surface area contributed by atoms with Gasteiger partial charge in [-0.15, -0.1) is 0 Å². The van der Waals surface area contributed by atoms with Crippen molar-refractivity contribution in [2.45, 2.75) is 0 Å². The summed E-state index contributed by atoms with van der Waals surface area (Å²) in [5, 5.41) is 0. The first kappa shape index (κ1) is 7.98. The summed E-state index contributed by atoms with van der Waals surface area (Å²) in [5.74, 6) is 0. The van der Waals surface area contributed by atoms with E-state index in [0.29, 0.717) is 0 Å². The van der Waals surface area contributed by atoms with Crippen molar-refractivity contribution in [3.8, 4) is 0 Å². The van der Waals surface area contributed by atoms with Crippen LogP contribution in [0.2, 0.25) is 0 Å². The average molecular weight is 173 g/mol. The van der Waals surface area contributed by atoms with Crippen LogP contribution < -0.4 is 4.90 Å². The Hall–Kier alpha value is -1.64. The standard InChI is InChI=1S/C10H11N3/c1-13(2)8-6-10-9(12-7-8)4-3-5-11-10/h3-7H,1-2H3. The van der Waals surface area contributed by atoms with Crippen molar-refractivity contribution in [1.29, 1.82) is 0 Å². The zero-order valence-electron chi connectivity index (χ0n) is 7.73. The molecular formula is C10H11N3. The number of pyridine rings is 2. The molecule has 0 fully saturated rings. The van der Waals surface area contributed by atoms with E-state index in [4.69, 9.17) is 0 Å². The number of hydrogen-bond donors (Lipinski definition) is 0. The fourth-order valence-corrected chi connectivity index (χ4v) is 1.19. The molecule has 0 radical (unpaired) electrons. The highest BCUT2D eigenvalue weighted by molar-refractivity contribution is 5.77. The summed E-state index contributed by atoms with van der Waals surface area (Å²) in [6, 6.07) is 5.88. The van der Waals surface area contributed by atoms with E-state index in [9.17, 15) is 0 Å². The minimum Gasteiger partial charge on any atom is -0.376 e. The molecule has 3 heteroatoms. The Balaban J connectivity index is 2.62.